The topological polar surface area (TPSA) is 271 Å². The van der Waals surface area contributed by atoms with Crippen LogP contribution in [0.1, 0.15) is 163 Å². The fourth-order valence-corrected chi connectivity index (χ4v) is 17.4. The zero-order chi connectivity index (χ0) is 63.4. The summed E-state index contributed by atoms with van der Waals surface area (Å²) in [6, 6.07) is 16.7. The number of carbonyl (C=O) groups excluding carboxylic acids is 8. The van der Waals surface area contributed by atoms with Crippen molar-refractivity contribution in [2.45, 2.75) is 208 Å². The lowest BCUT2D eigenvalue weighted by molar-refractivity contribution is -0.346. The number of aliphatic hydroxyl groups is 3. The lowest BCUT2D eigenvalue weighted by Crippen LogP contribution is -2.81. The summed E-state index contributed by atoms with van der Waals surface area (Å²) in [6.07, 6.45) is -7.19. The van der Waals surface area contributed by atoms with Crippen molar-refractivity contribution in [3.63, 3.8) is 0 Å². The summed E-state index contributed by atoms with van der Waals surface area (Å²) in [4.78, 5) is 109. The molecule has 4 bridgehead atoms. The highest BCUT2D eigenvalue weighted by Crippen LogP contribution is 2.68. The standard InChI is InChI=1S/C34H44O9.C33H42O10/c1-9-25(36)41-23-15-24-33(17-40-24,43-21(5)35)27-29(42-30(38)22-13-11-10-12-14-22)34(39)16-18(2)19(3)26(31(34,6)7)20(4)28(37)32(23,27)8;1-8-24(36)41-22-14-23-32(16-40-23,43-19(4)34)26-28(42-29(38)20-12-10-9-11-13-20)33(39)15-21(35)17(2)25(30(33,5)6)18(3)27(37)31(22,26)7/h10-14,18,20,23-24,27,29,39H,9,15-17H2,1-8H3;9-13,18,21-23,26,28,35,39H,8,14-16H2,1-7H3/t18-,20+,23-,24+,27-,29-,32+,33-,34+;18-,21+,22+,23-,26+,28+,31-,32+,33-/m01/s1. The van der Waals surface area contributed by atoms with E-state index in [1.54, 1.807) is 116 Å². The number of esters is 6. The van der Waals surface area contributed by atoms with Gasteiger partial charge in [-0.2, -0.15) is 0 Å². The normalized spacial score (nSPS) is 39.7. The van der Waals surface area contributed by atoms with E-state index in [0.29, 0.717) is 11.1 Å². The molecule has 2 heterocycles. The molecule has 2 aromatic rings. The Morgan fingerprint density at radius 1 is 0.558 bits per heavy atom. The summed E-state index contributed by atoms with van der Waals surface area (Å²) in [5.74, 6) is -8.17. The van der Waals surface area contributed by atoms with Gasteiger partial charge in [-0.1, -0.05) is 110 Å². The molecule has 2 saturated heterocycles. The van der Waals surface area contributed by atoms with Crippen LogP contribution in [0.15, 0.2) is 83.0 Å². The van der Waals surface area contributed by atoms with Crippen LogP contribution in [-0.2, 0) is 66.7 Å². The van der Waals surface area contributed by atoms with Gasteiger partial charge in [-0.25, -0.2) is 9.59 Å². The van der Waals surface area contributed by atoms with Gasteiger partial charge < -0.3 is 53.2 Å². The van der Waals surface area contributed by atoms with Crippen molar-refractivity contribution in [2.24, 2.45) is 51.2 Å². The molecule has 86 heavy (non-hydrogen) atoms. The molecular weight excluding hydrogens is 1110 g/mol. The zero-order valence-corrected chi connectivity index (χ0v) is 52.2. The van der Waals surface area contributed by atoms with E-state index in [2.05, 4.69) is 0 Å². The molecule has 3 N–H and O–H groups in total. The van der Waals surface area contributed by atoms with Gasteiger partial charge in [0.25, 0.3) is 0 Å². The Morgan fingerprint density at radius 2 is 0.919 bits per heavy atom. The molecule has 0 amide bonds. The monoisotopic (exact) mass is 1190 g/mol. The lowest BCUT2D eigenvalue weighted by atomic mass is 9.43. The maximum atomic E-state index is 15.1. The molecule has 6 fully saturated rings. The van der Waals surface area contributed by atoms with Gasteiger partial charge in [-0.05, 0) is 75.4 Å². The van der Waals surface area contributed by atoms with E-state index in [0.717, 1.165) is 11.1 Å². The van der Waals surface area contributed by atoms with E-state index in [9.17, 15) is 48.9 Å². The number of carbonyl (C=O) groups is 8. The lowest BCUT2D eigenvalue weighted by Gasteiger charge is -2.68. The molecule has 6 aliphatic carbocycles. The summed E-state index contributed by atoms with van der Waals surface area (Å²) >= 11 is 0. The van der Waals surface area contributed by atoms with Crippen molar-refractivity contribution in [2.75, 3.05) is 13.2 Å². The maximum absolute atomic E-state index is 15.1. The highest BCUT2D eigenvalue weighted by molar-refractivity contribution is 5.94. The quantitative estimate of drug-likeness (QED) is 0.116. The first-order chi connectivity index (χ1) is 40.1. The van der Waals surface area contributed by atoms with E-state index in [-0.39, 0.29) is 80.3 Å². The van der Waals surface area contributed by atoms with Crippen LogP contribution in [0.5, 0.6) is 0 Å². The number of hydrogen-bond acceptors (Lipinski definition) is 19. The van der Waals surface area contributed by atoms with Crippen LogP contribution in [0, 0.1) is 51.2 Å². The molecule has 0 spiro atoms. The van der Waals surface area contributed by atoms with Crippen LogP contribution < -0.4 is 0 Å². The number of benzene rings is 2. The van der Waals surface area contributed by atoms with Crippen LogP contribution in [0.25, 0.3) is 0 Å². The molecule has 19 heteroatoms. The van der Waals surface area contributed by atoms with Gasteiger partial charge >= 0.3 is 35.8 Å². The first kappa shape index (κ1) is 64.4. The predicted molar refractivity (Wildman–Crippen MR) is 308 cm³/mol. The molecule has 2 aliphatic heterocycles. The van der Waals surface area contributed by atoms with E-state index in [1.807, 2.05) is 34.6 Å². The van der Waals surface area contributed by atoms with Gasteiger partial charge in [0.05, 0.1) is 53.1 Å². The van der Waals surface area contributed by atoms with E-state index in [4.69, 9.17) is 37.9 Å². The molecule has 2 aromatic carbocycles. The summed E-state index contributed by atoms with van der Waals surface area (Å²) < 4.78 is 48.8. The first-order valence-electron chi connectivity index (χ1n) is 30.3. The Bertz CT molecular complexity index is 2940. The molecular formula is C67H86O19. The van der Waals surface area contributed by atoms with E-state index in [1.165, 1.54) is 13.8 Å². The second-order valence-corrected chi connectivity index (χ2v) is 27.0. The predicted octanol–water partition coefficient (Wildman–Crippen LogP) is 7.91. The van der Waals surface area contributed by atoms with Crippen LogP contribution in [0.4, 0.5) is 0 Å². The SMILES string of the molecule is CCC(=O)O[C@H]1C[C@H]2OC[C@@]2(OC(C)=O)[C@H]2[C@H](OC(=O)c3ccccc3)[C@]3(O)C[C@H](C)C(C)=C([C@@H](C)C(=O)[C@]12C)C3(C)C.CCC(=O)O[C@H]1C[C@H]2OC[C@@]2(OC(C)=O)[C@H]2[C@H](OC(=O)c3ccccc3)[C@]3(O)C[C@H](O)C(C)=C([C@@H](C)C(=O)[C@]12C)C3(C)C. The third-order valence-electron chi connectivity index (χ3n) is 21.9. The van der Waals surface area contributed by atoms with Crippen molar-refractivity contribution in [3.8, 4) is 0 Å². The van der Waals surface area contributed by atoms with Crippen LogP contribution in [0.3, 0.4) is 0 Å². The Kier molecular flexibility index (Phi) is 16.8. The van der Waals surface area contributed by atoms with Gasteiger partial charge in [-0.15, -0.1) is 0 Å². The number of Topliss-reactive ketones (excluding diaryl/α,β-unsaturated/α-hetero) is 2. The molecule has 468 valence electrons. The molecule has 0 radical (unpaired) electrons. The van der Waals surface area contributed by atoms with Gasteiger partial charge in [0, 0.05) is 68.6 Å². The third-order valence-corrected chi connectivity index (χ3v) is 21.9. The number of rotatable bonds is 10. The summed E-state index contributed by atoms with van der Waals surface area (Å²) in [7, 11) is 0. The smallest absolute Gasteiger partial charge is 0.338 e. The Labute approximate surface area is 503 Å². The first-order valence-corrected chi connectivity index (χ1v) is 30.3. The second kappa shape index (κ2) is 22.5. The number of aliphatic hydroxyl groups excluding tert-OH is 1. The zero-order valence-electron chi connectivity index (χ0n) is 52.2. The van der Waals surface area contributed by atoms with Crippen molar-refractivity contribution in [3.05, 3.63) is 94.1 Å². The highest BCUT2D eigenvalue weighted by atomic mass is 16.6. The Morgan fingerprint density at radius 3 is 1.26 bits per heavy atom. The summed E-state index contributed by atoms with van der Waals surface area (Å²) in [5.41, 5.74) is -8.49. The van der Waals surface area contributed by atoms with Crippen molar-refractivity contribution in [1.29, 1.82) is 0 Å². The average molecular weight is 1200 g/mol. The van der Waals surface area contributed by atoms with Crippen molar-refractivity contribution >= 4 is 47.4 Å². The Balaban J connectivity index is 0.000000205. The Hall–Kier alpha value is -6.12. The fourth-order valence-electron chi connectivity index (χ4n) is 17.4. The van der Waals surface area contributed by atoms with Gasteiger partial charge in [0.15, 0.2) is 11.2 Å². The van der Waals surface area contributed by atoms with Crippen LogP contribution in [-0.4, -0.2) is 141 Å². The van der Waals surface area contributed by atoms with Crippen LogP contribution >= 0.6 is 0 Å². The van der Waals surface area contributed by atoms with E-state index < -0.39 is 146 Å². The molecule has 19 nitrogen and oxygen atoms in total. The maximum Gasteiger partial charge on any atom is 0.338 e. The molecule has 8 aliphatic rings. The summed E-state index contributed by atoms with van der Waals surface area (Å²) in [6.45, 7) is 25.6. The number of fused-ring (bicyclic) bond motifs is 10. The minimum Gasteiger partial charge on any atom is -0.461 e. The molecule has 0 unspecified atom stereocenters. The minimum absolute atomic E-state index is 0.0548. The largest absolute Gasteiger partial charge is 0.461 e. The van der Waals surface area contributed by atoms with Crippen molar-refractivity contribution < 1.29 is 91.6 Å². The molecule has 10 rings (SSSR count). The van der Waals surface area contributed by atoms with E-state index >= 15 is 4.79 Å². The number of ketones is 2. The number of allylic oxidation sites excluding steroid dienone is 1. The molecule has 0 aromatic heterocycles. The van der Waals surface area contributed by atoms with Crippen LogP contribution in [0.2, 0.25) is 0 Å². The highest BCUT2D eigenvalue weighted by Gasteiger charge is 2.80. The van der Waals surface area contributed by atoms with Crippen molar-refractivity contribution in [1.82, 2.24) is 0 Å². The van der Waals surface area contributed by atoms with Gasteiger partial charge in [0.1, 0.15) is 59.4 Å². The minimum atomic E-state index is -1.95. The summed E-state index contributed by atoms with van der Waals surface area (Å²) in [5, 5.41) is 37.4. The van der Waals surface area contributed by atoms with Gasteiger partial charge in [0.2, 0.25) is 0 Å². The second-order valence-electron chi connectivity index (χ2n) is 27.0. The van der Waals surface area contributed by atoms with Gasteiger partial charge in [-0.3, -0.25) is 28.8 Å². The third kappa shape index (κ3) is 9.52. The number of hydrogen-bond donors (Lipinski definition) is 3. The average Bonchev–Trinajstić information content (AvgIpc) is 0.682. The fraction of sp³-hybridized carbons (Fsp3) is 0.642. The number of ether oxygens (including phenoxy) is 8. The molecule has 18 atom stereocenters. The molecule has 4 saturated carbocycles.